The van der Waals surface area contributed by atoms with Gasteiger partial charge >= 0.3 is 0 Å². The molecule has 1 N–H and O–H groups in total. The maximum atomic E-state index is 12.0. The molecule has 22 heavy (non-hydrogen) atoms. The molecule has 1 aromatic heterocycles. The average molecular weight is 322 g/mol. The smallest absolute Gasteiger partial charge is 0.221 e. The van der Waals surface area contributed by atoms with Gasteiger partial charge in [0.2, 0.25) is 5.91 Å². The molecule has 0 unspecified atom stereocenters. The van der Waals surface area contributed by atoms with Gasteiger partial charge in [0.05, 0.1) is 6.54 Å². The van der Waals surface area contributed by atoms with Crippen molar-refractivity contribution in [2.24, 2.45) is 5.41 Å². The molecule has 122 valence electrons. The molecule has 2 saturated heterocycles. The van der Waals surface area contributed by atoms with Gasteiger partial charge in [0, 0.05) is 37.6 Å². The molecule has 3 rings (SSSR count). The van der Waals surface area contributed by atoms with Crippen LogP contribution in [0.1, 0.15) is 37.0 Å². The SMILES string of the molecule is O=C(CCN1CCCC2(CCOCC2)C1)NCc1cccs1. The van der Waals surface area contributed by atoms with E-state index < -0.39 is 0 Å². The first-order valence-corrected chi connectivity index (χ1v) is 9.23. The minimum atomic E-state index is 0.167. The summed E-state index contributed by atoms with van der Waals surface area (Å²) >= 11 is 1.69. The summed E-state index contributed by atoms with van der Waals surface area (Å²) in [5.41, 5.74) is 0.462. The highest BCUT2D eigenvalue weighted by atomic mass is 32.1. The van der Waals surface area contributed by atoms with Crippen molar-refractivity contribution in [2.45, 2.75) is 38.6 Å². The predicted molar refractivity (Wildman–Crippen MR) is 88.9 cm³/mol. The van der Waals surface area contributed by atoms with Crippen LogP contribution in [0.5, 0.6) is 0 Å². The van der Waals surface area contributed by atoms with Crippen molar-refractivity contribution in [2.75, 3.05) is 32.8 Å². The number of likely N-dealkylation sites (tertiary alicyclic amines) is 1. The lowest BCUT2D eigenvalue weighted by molar-refractivity contribution is -0.121. The Labute approximate surface area is 136 Å². The van der Waals surface area contributed by atoms with Crippen molar-refractivity contribution in [3.63, 3.8) is 0 Å². The minimum absolute atomic E-state index is 0.167. The first kappa shape index (κ1) is 16.0. The van der Waals surface area contributed by atoms with Gasteiger partial charge < -0.3 is 15.0 Å². The third-order valence-corrected chi connectivity index (χ3v) is 5.87. The fraction of sp³-hybridized carbons (Fsp3) is 0.706. The Morgan fingerprint density at radius 3 is 3.00 bits per heavy atom. The summed E-state index contributed by atoms with van der Waals surface area (Å²) in [7, 11) is 0. The summed E-state index contributed by atoms with van der Waals surface area (Å²) in [6.45, 7) is 5.66. The van der Waals surface area contributed by atoms with Gasteiger partial charge in [-0.05, 0) is 49.1 Å². The van der Waals surface area contributed by atoms with E-state index in [0.29, 0.717) is 18.4 Å². The molecule has 2 aliphatic rings. The molecule has 0 saturated carbocycles. The molecular weight excluding hydrogens is 296 g/mol. The second kappa shape index (κ2) is 7.57. The van der Waals surface area contributed by atoms with Crippen LogP contribution in [0.2, 0.25) is 0 Å². The van der Waals surface area contributed by atoms with Gasteiger partial charge in [-0.25, -0.2) is 0 Å². The van der Waals surface area contributed by atoms with Crippen molar-refractivity contribution in [3.05, 3.63) is 22.4 Å². The second-order valence-corrected chi connectivity index (χ2v) is 7.63. The zero-order valence-electron chi connectivity index (χ0n) is 13.2. The van der Waals surface area contributed by atoms with Gasteiger partial charge in [-0.15, -0.1) is 11.3 Å². The number of thiophene rings is 1. The normalized spacial score (nSPS) is 21.8. The highest BCUT2D eigenvalue weighted by Crippen LogP contribution is 2.39. The lowest BCUT2D eigenvalue weighted by Crippen LogP contribution is -2.46. The lowest BCUT2D eigenvalue weighted by atomic mass is 9.74. The largest absolute Gasteiger partial charge is 0.381 e. The molecule has 0 atom stereocenters. The molecule has 0 radical (unpaired) electrons. The molecule has 0 bridgehead atoms. The summed E-state index contributed by atoms with van der Waals surface area (Å²) in [5, 5.41) is 5.06. The Hall–Kier alpha value is -0.910. The predicted octanol–water partition coefficient (Wildman–Crippen LogP) is 2.65. The standard InChI is InChI=1S/C17H26N2O2S/c20-16(18-13-15-3-1-12-22-15)4-9-19-8-2-5-17(14-19)6-10-21-11-7-17/h1,3,12H,2,4-11,13-14H2,(H,18,20). The highest BCUT2D eigenvalue weighted by Gasteiger charge is 2.36. The Balaban J connectivity index is 1.40. The van der Waals surface area contributed by atoms with Gasteiger partial charge in [-0.2, -0.15) is 0 Å². The van der Waals surface area contributed by atoms with Crippen molar-refractivity contribution in [1.82, 2.24) is 10.2 Å². The maximum Gasteiger partial charge on any atom is 0.221 e. The number of nitrogens with zero attached hydrogens (tertiary/aromatic N) is 1. The number of rotatable bonds is 5. The summed E-state index contributed by atoms with van der Waals surface area (Å²) in [5.74, 6) is 0.167. The van der Waals surface area contributed by atoms with E-state index in [9.17, 15) is 4.79 Å². The van der Waals surface area contributed by atoms with Crippen molar-refractivity contribution >= 4 is 17.2 Å². The average Bonchev–Trinajstić information content (AvgIpc) is 3.05. The van der Waals surface area contributed by atoms with Crippen LogP contribution in [0.25, 0.3) is 0 Å². The number of hydrogen-bond donors (Lipinski definition) is 1. The molecule has 2 fully saturated rings. The van der Waals surface area contributed by atoms with Crippen LogP contribution in [0.3, 0.4) is 0 Å². The summed E-state index contributed by atoms with van der Waals surface area (Å²) in [4.78, 5) is 15.7. The fourth-order valence-corrected chi connectivity index (χ4v) is 4.30. The molecule has 0 aromatic carbocycles. The van der Waals surface area contributed by atoms with Crippen LogP contribution in [0.15, 0.2) is 17.5 Å². The number of carbonyl (C=O) groups excluding carboxylic acids is 1. The van der Waals surface area contributed by atoms with Crippen LogP contribution >= 0.6 is 11.3 Å². The molecule has 1 amide bonds. The van der Waals surface area contributed by atoms with Crippen LogP contribution in [0.4, 0.5) is 0 Å². The third-order valence-electron chi connectivity index (χ3n) is 4.99. The van der Waals surface area contributed by atoms with Gasteiger partial charge in [0.25, 0.3) is 0 Å². The zero-order chi connectivity index (χ0) is 15.3. The van der Waals surface area contributed by atoms with E-state index in [0.717, 1.165) is 32.8 Å². The van der Waals surface area contributed by atoms with Crippen LogP contribution < -0.4 is 5.32 Å². The van der Waals surface area contributed by atoms with Crippen molar-refractivity contribution in [1.29, 1.82) is 0 Å². The lowest BCUT2D eigenvalue weighted by Gasteiger charge is -2.45. The van der Waals surface area contributed by atoms with Crippen molar-refractivity contribution in [3.8, 4) is 0 Å². The number of hydrogen-bond acceptors (Lipinski definition) is 4. The Bertz CT molecular complexity index is 464. The Morgan fingerprint density at radius 2 is 2.23 bits per heavy atom. The van der Waals surface area contributed by atoms with Gasteiger partial charge in [-0.3, -0.25) is 4.79 Å². The van der Waals surface area contributed by atoms with E-state index in [1.165, 1.54) is 30.6 Å². The highest BCUT2D eigenvalue weighted by molar-refractivity contribution is 7.09. The van der Waals surface area contributed by atoms with Gasteiger partial charge in [-0.1, -0.05) is 6.07 Å². The molecule has 4 nitrogen and oxygen atoms in total. The summed E-state index contributed by atoms with van der Waals surface area (Å²) < 4.78 is 5.52. The van der Waals surface area contributed by atoms with Crippen LogP contribution in [0, 0.1) is 5.41 Å². The molecule has 1 spiro atoms. The fourth-order valence-electron chi connectivity index (χ4n) is 3.66. The molecule has 1 aromatic rings. The zero-order valence-corrected chi connectivity index (χ0v) is 14.0. The quantitative estimate of drug-likeness (QED) is 0.906. The first-order chi connectivity index (χ1) is 10.8. The monoisotopic (exact) mass is 322 g/mol. The van der Waals surface area contributed by atoms with Gasteiger partial charge in [0.1, 0.15) is 0 Å². The van der Waals surface area contributed by atoms with E-state index in [2.05, 4.69) is 16.3 Å². The maximum absolute atomic E-state index is 12.0. The first-order valence-electron chi connectivity index (χ1n) is 8.35. The molecule has 2 aliphatic heterocycles. The summed E-state index contributed by atoms with van der Waals surface area (Å²) in [6.07, 6.45) is 5.58. The number of amides is 1. The molecule has 5 heteroatoms. The van der Waals surface area contributed by atoms with E-state index in [4.69, 9.17) is 4.74 Å². The van der Waals surface area contributed by atoms with E-state index in [1.54, 1.807) is 11.3 Å². The van der Waals surface area contributed by atoms with E-state index in [-0.39, 0.29) is 5.91 Å². The molecule has 3 heterocycles. The summed E-state index contributed by atoms with van der Waals surface area (Å²) in [6, 6.07) is 4.08. The third kappa shape index (κ3) is 4.31. The van der Waals surface area contributed by atoms with Crippen LogP contribution in [-0.4, -0.2) is 43.7 Å². The number of carbonyl (C=O) groups is 1. The number of piperidine rings is 1. The Kier molecular flexibility index (Phi) is 5.50. The van der Waals surface area contributed by atoms with E-state index in [1.807, 2.05) is 11.4 Å². The molecular formula is C17H26N2O2S. The Morgan fingerprint density at radius 1 is 1.36 bits per heavy atom. The van der Waals surface area contributed by atoms with Crippen molar-refractivity contribution < 1.29 is 9.53 Å². The topological polar surface area (TPSA) is 41.6 Å². The van der Waals surface area contributed by atoms with Crippen LogP contribution in [-0.2, 0) is 16.1 Å². The minimum Gasteiger partial charge on any atom is -0.381 e. The second-order valence-electron chi connectivity index (χ2n) is 6.60. The van der Waals surface area contributed by atoms with E-state index >= 15 is 0 Å². The van der Waals surface area contributed by atoms with Gasteiger partial charge in [0.15, 0.2) is 0 Å². The number of nitrogens with one attached hydrogen (secondary N) is 1. The number of ether oxygens (including phenoxy) is 1. The molecule has 0 aliphatic carbocycles.